The van der Waals surface area contributed by atoms with E-state index in [9.17, 15) is 9.59 Å². The van der Waals surface area contributed by atoms with E-state index >= 15 is 0 Å². The topological polar surface area (TPSA) is 72.0 Å². The van der Waals surface area contributed by atoms with E-state index in [1.54, 1.807) is 21.1 Å². The molecule has 0 radical (unpaired) electrons. The van der Waals surface area contributed by atoms with Crippen molar-refractivity contribution in [1.29, 1.82) is 0 Å². The van der Waals surface area contributed by atoms with Crippen molar-refractivity contribution in [3.05, 3.63) is 19.5 Å². The molecule has 1 aliphatic heterocycles. The lowest BCUT2D eigenvalue weighted by atomic mass is 9.98. The molecule has 1 saturated heterocycles. The van der Waals surface area contributed by atoms with Crippen LogP contribution in [0.3, 0.4) is 0 Å². The molecule has 32 heavy (non-hydrogen) atoms. The maximum Gasteiger partial charge on any atom is 0.416 e. The maximum atomic E-state index is 12.9. The Labute approximate surface area is 209 Å². The minimum absolute atomic E-state index is 0.255. The minimum Gasteiger partial charge on any atom is -0.444 e. The number of amides is 2. The monoisotopic (exact) mass is 577 g/mol. The average molecular weight is 578 g/mol. The van der Waals surface area contributed by atoms with Crippen LogP contribution in [-0.4, -0.2) is 52.9 Å². The molecule has 1 aliphatic rings. The molecule has 0 aromatic carbocycles. The lowest BCUT2D eigenvalue weighted by Crippen LogP contribution is -2.41. The molecule has 9 heteroatoms. The van der Waals surface area contributed by atoms with E-state index in [0.29, 0.717) is 25.5 Å². The van der Waals surface area contributed by atoms with Crippen LogP contribution >= 0.6 is 33.9 Å². The van der Waals surface area contributed by atoms with Crippen LogP contribution < -0.4 is 4.90 Å². The number of ether oxygens (including phenoxy) is 2. The summed E-state index contributed by atoms with van der Waals surface area (Å²) in [7, 11) is 0. The second kappa shape index (κ2) is 10.7. The molecule has 1 aromatic heterocycles. The van der Waals surface area contributed by atoms with E-state index in [1.165, 1.54) is 0 Å². The van der Waals surface area contributed by atoms with Crippen LogP contribution in [0.4, 0.5) is 15.4 Å². The highest BCUT2D eigenvalue weighted by Crippen LogP contribution is 2.37. The van der Waals surface area contributed by atoms with Gasteiger partial charge in [-0.15, -0.1) is 11.3 Å². The lowest BCUT2D eigenvalue weighted by molar-refractivity contribution is 0.0204. The third-order valence-electron chi connectivity index (χ3n) is 4.63. The highest BCUT2D eigenvalue weighted by Gasteiger charge is 2.31. The number of hydrogen-bond acceptors (Lipinski definition) is 6. The van der Waals surface area contributed by atoms with E-state index in [4.69, 9.17) is 14.5 Å². The van der Waals surface area contributed by atoms with Gasteiger partial charge in [0.15, 0.2) is 5.82 Å². The summed E-state index contributed by atoms with van der Waals surface area (Å²) in [6, 6.07) is 0. The summed E-state index contributed by atoms with van der Waals surface area (Å²) >= 11 is 3.86. The van der Waals surface area contributed by atoms with Gasteiger partial charge in [-0.25, -0.2) is 14.6 Å². The highest BCUT2D eigenvalue weighted by molar-refractivity contribution is 14.1. The fourth-order valence-corrected chi connectivity index (χ4v) is 5.18. The number of carbonyl (C=O) groups excluding carboxylic acids is 2. The molecule has 2 amide bonds. The zero-order valence-corrected chi connectivity index (χ0v) is 23.4. The molecule has 0 N–H and O–H groups in total. The summed E-state index contributed by atoms with van der Waals surface area (Å²) in [4.78, 5) is 33.5. The number of hydrogen-bond donors (Lipinski definition) is 0. The quantitative estimate of drug-likeness (QED) is 0.299. The van der Waals surface area contributed by atoms with Gasteiger partial charge in [0.25, 0.3) is 0 Å². The zero-order chi connectivity index (χ0) is 24.3. The average Bonchev–Trinajstić information content (AvgIpc) is 3.00. The fraction of sp³-hybridized carbons (Fsp3) is 0.696. The number of anilines is 1. The number of likely N-dealkylation sites (tertiary alicyclic amines) is 1. The number of halogens is 1. The van der Waals surface area contributed by atoms with Crippen LogP contribution in [0.1, 0.15) is 79.2 Å². The van der Waals surface area contributed by atoms with Gasteiger partial charge >= 0.3 is 12.2 Å². The van der Waals surface area contributed by atoms with Crippen molar-refractivity contribution in [2.45, 2.75) is 85.4 Å². The Balaban J connectivity index is 2.15. The molecule has 0 spiro atoms. The Morgan fingerprint density at radius 2 is 1.69 bits per heavy atom. The normalized spacial score (nSPS) is 15.3. The third-order valence-corrected chi connectivity index (χ3v) is 6.77. The van der Waals surface area contributed by atoms with Gasteiger partial charge in [0.05, 0.1) is 5.01 Å². The SMILES string of the molecule is CC(C)=CCN(C(=O)OC(C)(C)C)c1nc(C2CCN(C(=O)OC(C)(C)C)CC2)sc1I. The molecule has 0 aliphatic carbocycles. The Bertz CT molecular complexity index is 842. The number of thiazole rings is 1. The molecule has 0 saturated carbocycles. The van der Waals surface area contributed by atoms with Gasteiger partial charge in [0.1, 0.15) is 14.1 Å². The molecular formula is C23H36IN3O4S. The van der Waals surface area contributed by atoms with E-state index in [0.717, 1.165) is 26.3 Å². The van der Waals surface area contributed by atoms with E-state index in [-0.39, 0.29) is 12.0 Å². The second-order valence-corrected chi connectivity index (χ2v) is 13.1. The van der Waals surface area contributed by atoms with E-state index in [1.807, 2.05) is 61.5 Å². The predicted molar refractivity (Wildman–Crippen MR) is 138 cm³/mol. The van der Waals surface area contributed by atoms with Crippen LogP contribution in [0, 0.1) is 2.88 Å². The molecule has 1 aromatic rings. The van der Waals surface area contributed by atoms with Crippen molar-refractivity contribution in [1.82, 2.24) is 9.88 Å². The summed E-state index contributed by atoms with van der Waals surface area (Å²) in [5.41, 5.74) is 0.0440. The van der Waals surface area contributed by atoms with Gasteiger partial charge in [-0.05, 0) is 90.8 Å². The predicted octanol–water partition coefficient (Wildman–Crippen LogP) is 6.57. The highest BCUT2D eigenvalue weighted by atomic mass is 127. The minimum atomic E-state index is -0.584. The van der Waals surface area contributed by atoms with Crippen molar-refractivity contribution >= 4 is 51.9 Å². The first-order valence-corrected chi connectivity index (χ1v) is 12.8. The summed E-state index contributed by atoms with van der Waals surface area (Å²) in [6.45, 7) is 16.9. The van der Waals surface area contributed by atoms with Crippen LogP contribution in [0.25, 0.3) is 0 Å². The molecule has 180 valence electrons. The maximum absolute atomic E-state index is 12.9. The molecule has 1 fully saturated rings. The molecule has 0 atom stereocenters. The molecular weight excluding hydrogens is 541 g/mol. The molecule has 0 bridgehead atoms. The Morgan fingerprint density at radius 3 is 2.19 bits per heavy atom. The first-order chi connectivity index (χ1) is 14.7. The summed E-state index contributed by atoms with van der Waals surface area (Å²) in [6.07, 6.45) is 2.98. The Hall–Kier alpha value is -1.36. The Kier molecular flexibility index (Phi) is 9.00. The van der Waals surface area contributed by atoms with Gasteiger partial charge in [0, 0.05) is 25.6 Å². The van der Waals surface area contributed by atoms with Crippen molar-refractivity contribution in [2.75, 3.05) is 24.5 Å². The van der Waals surface area contributed by atoms with Crippen molar-refractivity contribution in [3.8, 4) is 0 Å². The first kappa shape index (κ1) is 26.9. The summed E-state index contributed by atoms with van der Waals surface area (Å²) in [5, 5.41) is 0.999. The molecule has 7 nitrogen and oxygen atoms in total. The fourth-order valence-electron chi connectivity index (χ4n) is 3.12. The van der Waals surface area contributed by atoms with Gasteiger partial charge in [0.2, 0.25) is 0 Å². The largest absolute Gasteiger partial charge is 0.444 e. The van der Waals surface area contributed by atoms with Crippen LogP contribution in [0.2, 0.25) is 0 Å². The first-order valence-electron chi connectivity index (χ1n) is 10.9. The summed E-state index contributed by atoms with van der Waals surface area (Å²) < 4.78 is 12.1. The third kappa shape index (κ3) is 8.20. The van der Waals surface area contributed by atoms with Crippen LogP contribution in [0.15, 0.2) is 11.6 Å². The number of rotatable bonds is 4. The second-order valence-electron chi connectivity index (χ2n) is 10.3. The smallest absolute Gasteiger partial charge is 0.416 e. The van der Waals surface area contributed by atoms with Gasteiger partial charge in [-0.3, -0.25) is 4.90 Å². The summed E-state index contributed by atoms with van der Waals surface area (Å²) in [5.74, 6) is 0.900. The molecule has 2 rings (SSSR count). The van der Waals surface area contributed by atoms with Crippen LogP contribution in [-0.2, 0) is 9.47 Å². The van der Waals surface area contributed by atoms with Gasteiger partial charge < -0.3 is 14.4 Å². The van der Waals surface area contributed by atoms with Crippen LogP contribution in [0.5, 0.6) is 0 Å². The number of piperidine rings is 1. The molecule has 0 unspecified atom stereocenters. The van der Waals surface area contributed by atoms with Crippen molar-refractivity contribution < 1.29 is 19.1 Å². The standard InChI is InChI=1S/C23H36IN3O4S/c1-15(2)9-14-27(21(29)31-23(6,7)8)18-17(24)32-19(25-18)16-10-12-26(13-11-16)20(28)30-22(3,4)5/h9,16H,10-14H2,1-8H3. The van der Waals surface area contributed by atoms with E-state index < -0.39 is 17.3 Å². The zero-order valence-electron chi connectivity index (χ0n) is 20.5. The number of nitrogens with zero attached hydrogens (tertiary/aromatic N) is 3. The lowest BCUT2D eigenvalue weighted by Gasteiger charge is -2.32. The Morgan fingerprint density at radius 1 is 1.12 bits per heavy atom. The van der Waals surface area contributed by atoms with E-state index in [2.05, 4.69) is 22.6 Å². The van der Waals surface area contributed by atoms with Crippen molar-refractivity contribution in [2.24, 2.45) is 0 Å². The van der Waals surface area contributed by atoms with Crippen molar-refractivity contribution in [3.63, 3.8) is 0 Å². The van der Waals surface area contributed by atoms with Gasteiger partial charge in [-0.2, -0.15) is 0 Å². The number of allylic oxidation sites excluding steroid dienone is 1. The molecule has 2 heterocycles. The number of aromatic nitrogens is 1. The number of carbonyl (C=O) groups is 2. The van der Waals surface area contributed by atoms with Gasteiger partial charge in [-0.1, -0.05) is 11.6 Å².